The lowest BCUT2D eigenvalue weighted by atomic mass is 10.3. The molecule has 0 bridgehead atoms. The largest absolute Gasteiger partial charge is 0.381 e. The molecule has 0 amide bonds. The van der Waals surface area contributed by atoms with Crippen molar-refractivity contribution in [1.29, 1.82) is 0 Å². The molecular formula is C14H25N3OS. The zero-order valence-electron chi connectivity index (χ0n) is 11.9. The number of nitrogens with one attached hydrogen (secondary N) is 2. The molecule has 0 atom stereocenters. The van der Waals surface area contributed by atoms with Gasteiger partial charge in [-0.3, -0.25) is 4.99 Å². The number of rotatable bonds is 9. The van der Waals surface area contributed by atoms with Gasteiger partial charge in [0.25, 0.3) is 0 Å². The third-order valence-corrected chi connectivity index (χ3v) is 3.40. The summed E-state index contributed by atoms with van der Waals surface area (Å²) in [6, 6.07) is 2.12. The number of aliphatic imine (C=N–C) groups is 1. The molecule has 4 nitrogen and oxygen atoms in total. The first-order valence-corrected chi connectivity index (χ1v) is 7.84. The van der Waals surface area contributed by atoms with Crippen LogP contribution in [-0.2, 0) is 11.3 Å². The summed E-state index contributed by atoms with van der Waals surface area (Å²) in [6.45, 7) is 5.57. The Morgan fingerprint density at radius 2 is 2.16 bits per heavy atom. The quantitative estimate of drug-likeness (QED) is 0.416. The van der Waals surface area contributed by atoms with Gasteiger partial charge in [0, 0.05) is 33.4 Å². The van der Waals surface area contributed by atoms with Gasteiger partial charge in [0.2, 0.25) is 0 Å². The fourth-order valence-corrected chi connectivity index (χ4v) is 2.20. The van der Waals surface area contributed by atoms with Crippen LogP contribution in [0.1, 0.15) is 31.7 Å². The zero-order valence-corrected chi connectivity index (χ0v) is 12.8. The fraction of sp³-hybridized carbons (Fsp3) is 0.643. The van der Waals surface area contributed by atoms with Gasteiger partial charge >= 0.3 is 0 Å². The van der Waals surface area contributed by atoms with Crippen molar-refractivity contribution in [3.63, 3.8) is 0 Å². The average Bonchev–Trinajstić information content (AvgIpc) is 2.94. The van der Waals surface area contributed by atoms with Crippen LogP contribution in [0.3, 0.4) is 0 Å². The summed E-state index contributed by atoms with van der Waals surface area (Å²) in [5, 5.41) is 10.8. The highest BCUT2D eigenvalue weighted by molar-refractivity contribution is 7.07. The first-order chi connectivity index (χ1) is 9.36. The zero-order chi connectivity index (χ0) is 13.8. The van der Waals surface area contributed by atoms with Crippen LogP contribution in [0.4, 0.5) is 0 Å². The molecule has 2 N–H and O–H groups in total. The molecule has 1 heterocycles. The van der Waals surface area contributed by atoms with Crippen molar-refractivity contribution in [2.45, 2.75) is 32.7 Å². The van der Waals surface area contributed by atoms with Gasteiger partial charge in [-0.15, -0.1) is 0 Å². The Bertz CT molecular complexity index is 338. The summed E-state index contributed by atoms with van der Waals surface area (Å²) in [5.74, 6) is 0.847. The minimum atomic E-state index is 0.814. The number of guanidine groups is 1. The molecule has 0 fully saturated rings. The second-order valence-corrected chi connectivity index (χ2v) is 5.08. The Morgan fingerprint density at radius 1 is 1.32 bits per heavy atom. The minimum absolute atomic E-state index is 0.814. The maximum absolute atomic E-state index is 5.51. The molecule has 5 heteroatoms. The normalized spacial score (nSPS) is 11.6. The first-order valence-electron chi connectivity index (χ1n) is 6.90. The highest BCUT2D eigenvalue weighted by atomic mass is 32.1. The molecule has 1 aromatic heterocycles. The molecule has 0 aromatic carbocycles. The molecule has 108 valence electrons. The molecule has 0 aliphatic rings. The molecule has 0 aliphatic carbocycles. The van der Waals surface area contributed by atoms with Crippen molar-refractivity contribution in [2.75, 3.05) is 26.8 Å². The standard InChI is InChI=1S/C14H25N3OS/c1-3-4-8-18-9-5-7-16-14(15-2)17-11-13-6-10-19-12-13/h6,10,12H,3-5,7-9,11H2,1-2H3,(H2,15,16,17). The van der Waals surface area contributed by atoms with Gasteiger partial charge in [0.05, 0.1) is 0 Å². The highest BCUT2D eigenvalue weighted by Gasteiger charge is 1.98. The number of hydrogen-bond donors (Lipinski definition) is 2. The van der Waals surface area contributed by atoms with E-state index in [2.05, 4.69) is 39.4 Å². The second kappa shape index (κ2) is 10.8. The van der Waals surface area contributed by atoms with E-state index in [9.17, 15) is 0 Å². The molecule has 0 saturated heterocycles. The lowest BCUT2D eigenvalue weighted by Gasteiger charge is -2.11. The van der Waals surface area contributed by atoms with Crippen molar-refractivity contribution in [3.8, 4) is 0 Å². The Balaban J connectivity index is 2.02. The highest BCUT2D eigenvalue weighted by Crippen LogP contribution is 2.04. The van der Waals surface area contributed by atoms with Gasteiger partial charge in [0.15, 0.2) is 5.96 Å². The molecule has 0 saturated carbocycles. The van der Waals surface area contributed by atoms with Gasteiger partial charge in [-0.25, -0.2) is 0 Å². The molecular weight excluding hydrogens is 258 g/mol. The molecule has 1 aromatic rings. The number of hydrogen-bond acceptors (Lipinski definition) is 3. The third-order valence-electron chi connectivity index (χ3n) is 2.66. The number of nitrogens with zero attached hydrogens (tertiary/aromatic N) is 1. The Hall–Kier alpha value is -1.07. The van der Waals surface area contributed by atoms with Crippen LogP contribution in [0.2, 0.25) is 0 Å². The minimum Gasteiger partial charge on any atom is -0.381 e. The van der Waals surface area contributed by atoms with E-state index in [0.717, 1.165) is 45.1 Å². The summed E-state index contributed by atoms with van der Waals surface area (Å²) in [7, 11) is 1.79. The van der Waals surface area contributed by atoms with Crippen molar-refractivity contribution in [3.05, 3.63) is 22.4 Å². The van der Waals surface area contributed by atoms with E-state index >= 15 is 0 Å². The van der Waals surface area contributed by atoms with Gasteiger partial charge < -0.3 is 15.4 Å². The van der Waals surface area contributed by atoms with E-state index in [4.69, 9.17) is 4.74 Å². The Labute approximate surface area is 120 Å². The van der Waals surface area contributed by atoms with E-state index in [1.54, 1.807) is 18.4 Å². The van der Waals surface area contributed by atoms with Crippen LogP contribution in [0.25, 0.3) is 0 Å². The molecule has 0 spiro atoms. The van der Waals surface area contributed by atoms with E-state index in [1.165, 1.54) is 12.0 Å². The molecule has 0 radical (unpaired) electrons. The van der Waals surface area contributed by atoms with Gasteiger partial charge in [0.1, 0.15) is 0 Å². The van der Waals surface area contributed by atoms with E-state index in [0.29, 0.717) is 0 Å². The number of unbranched alkanes of at least 4 members (excludes halogenated alkanes) is 1. The van der Waals surface area contributed by atoms with E-state index in [1.807, 2.05) is 0 Å². The molecule has 0 unspecified atom stereocenters. The predicted octanol–water partition coefficient (Wildman–Crippen LogP) is 2.62. The lowest BCUT2D eigenvalue weighted by Crippen LogP contribution is -2.37. The van der Waals surface area contributed by atoms with Gasteiger partial charge in [-0.1, -0.05) is 13.3 Å². The summed E-state index contributed by atoms with van der Waals surface area (Å²) < 4.78 is 5.51. The van der Waals surface area contributed by atoms with Crippen molar-refractivity contribution in [2.24, 2.45) is 4.99 Å². The Morgan fingerprint density at radius 3 is 2.84 bits per heavy atom. The van der Waals surface area contributed by atoms with E-state index in [-0.39, 0.29) is 0 Å². The van der Waals surface area contributed by atoms with Crippen LogP contribution >= 0.6 is 11.3 Å². The van der Waals surface area contributed by atoms with Crippen LogP contribution in [0.5, 0.6) is 0 Å². The summed E-state index contributed by atoms with van der Waals surface area (Å²) >= 11 is 1.71. The lowest BCUT2D eigenvalue weighted by molar-refractivity contribution is 0.129. The van der Waals surface area contributed by atoms with Crippen LogP contribution in [0.15, 0.2) is 21.8 Å². The molecule has 1 rings (SSSR count). The van der Waals surface area contributed by atoms with Crippen LogP contribution < -0.4 is 10.6 Å². The average molecular weight is 283 g/mol. The van der Waals surface area contributed by atoms with Gasteiger partial charge in [-0.05, 0) is 35.2 Å². The topological polar surface area (TPSA) is 45.6 Å². The maximum atomic E-state index is 5.51. The van der Waals surface area contributed by atoms with Crippen molar-refractivity contribution < 1.29 is 4.74 Å². The Kier molecular flexibility index (Phi) is 9.10. The molecule has 0 aliphatic heterocycles. The SMILES string of the molecule is CCCCOCCCNC(=NC)NCc1ccsc1. The number of thiophene rings is 1. The monoisotopic (exact) mass is 283 g/mol. The summed E-state index contributed by atoms with van der Waals surface area (Å²) in [4.78, 5) is 4.19. The fourth-order valence-electron chi connectivity index (χ4n) is 1.53. The molecule has 19 heavy (non-hydrogen) atoms. The van der Waals surface area contributed by atoms with Crippen molar-refractivity contribution >= 4 is 17.3 Å². The van der Waals surface area contributed by atoms with E-state index < -0.39 is 0 Å². The number of ether oxygens (including phenoxy) is 1. The van der Waals surface area contributed by atoms with Crippen molar-refractivity contribution in [1.82, 2.24) is 10.6 Å². The van der Waals surface area contributed by atoms with Gasteiger partial charge in [-0.2, -0.15) is 11.3 Å². The smallest absolute Gasteiger partial charge is 0.191 e. The summed E-state index contributed by atoms with van der Waals surface area (Å²) in [6.07, 6.45) is 3.34. The van der Waals surface area contributed by atoms with Crippen LogP contribution in [0, 0.1) is 0 Å². The second-order valence-electron chi connectivity index (χ2n) is 4.30. The summed E-state index contributed by atoms with van der Waals surface area (Å²) in [5.41, 5.74) is 1.29. The maximum Gasteiger partial charge on any atom is 0.191 e. The predicted molar refractivity (Wildman–Crippen MR) is 82.9 cm³/mol. The first kappa shape index (κ1) is 16.0. The van der Waals surface area contributed by atoms with Crippen LogP contribution in [-0.4, -0.2) is 32.8 Å². The third kappa shape index (κ3) is 7.85.